The number of hydrogen-bond acceptors (Lipinski definition) is 3. The van der Waals surface area contributed by atoms with Crippen LogP contribution in [0.15, 0.2) is 0 Å². The van der Waals surface area contributed by atoms with Crippen LogP contribution < -0.4 is 0 Å². The molecule has 0 aliphatic heterocycles. The molecule has 0 bridgehead atoms. The first-order valence-electron chi connectivity index (χ1n) is 3.38. The van der Waals surface area contributed by atoms with Crippen molar-refractivity contribution in [2.75, 3.05) is 19.5 Å². The quantitative estimate of drug-likeness (QED) is 0.403. The smallest absolute Gasteiger partial charge is 0.309 e. The van der Waals surface area contributed by atoms with Crippen LogP contribution in [0.1, 0.15) is 13.3 Å². The highest BCUT2D eigenvalue weighted by atomic mass is 35.5. The van der Waals surface area contributed by atoms with Gasteiger partial charge in [-0.25, -0.2) is 10.0 Å². The van der Waals surface area contributed by atoms with Gasteiger partial charge in [0.1, 0.15) is 13.1 Å². The van der Waals surface area contributed by atoms with Crippen molar-refractivity contribution in [2.45, 2.75) is 13.3 Å². The van der Waals surface area contributed by atoms with E-state index in [1.807, 2.05) is 0 Å². The molecule has 5 nitrogen and oxygen atoms in total. The molecule has 1 atom stereocenters. The lowest BCUT2D eigenvalue weighted by molar-refractivity contribution is -1.06. The molecule has 0 spiro atoms. The molecule has 0 aliphatic carbocycles. The Labute approximate surface area is 76.3 Å². The summed E-state index contributed by atoms with van der Waals surface area (Å²) in [5.41, 5.74) is 0. The average molecular weight is 200 g/mol. The molecule has 0 amide bonds. The van der Waals surface area contributed by atoms with Crippen LogP contribution >= 0.6 is 11.6 Å². The van der Waals surface area contributed by atoms with Crippen LogP contribution in [-0.4, -0.2) is 40.6 Å². The average Bonchev–Trinajstić information content (AvgIpc) is 2.05. The van der Waals surface area contributed by atoms with Gasteiger partial charge >= 0.3 is 5.97 Å². The summed E-state index contributed by atoms with van der Waals surface area (Å²) in [7, 11) is 0. The number of carboxylic acid groups (broad SMARTS) is 1. The number of carbonyl (C=O) groups is 1. The molecule has 1 unspecified atom stereocenters. The molecule has 0 aliphatic rings. The molecule has 0 aromatic heterocycles. The summed E-state index contributed by atoms with van der Waals surface area (Å²) in [6, 6.07) is 0. The van der Waals surface area contributed by atoms with E-state index >= 15 is 0 Å². The van der Waals surface area contributed by atoms with Gasteiger partial charge in [0.05, 0.1) is 6.42 Å². The second-order valence-electron chi connectivity index (χ2n) is 2.03. The van der Waals surface area contributed by atoms with E-state index in [0.29, 0.717) is 0 Å². The first-order valence-corrected chi connectivity index (χ1v) is 4.14. The number of alkyl halides is 1. The predicted molar refractivity (Wildman–Crippen MR) is 44.9 cm³/mol. The van der Waals surface area contributed by atoms with Crippen LogP contribution in [0.25, 0.3) is 0 Å². The molecule has 0 aromatic carbocycles. The van der Waals surface area contributed by atoms with Gasteiger partial charge in [0, 0.05) is 6.38 Å². The Hall–Kier alpha value is -0.360. The number of hydroxylamine groups is 4. The van der Waals surface area contributed by atoms with Gasteiger partial charge in [-0.05, 0) is 6.92 Å². The molecule has 0 saturated carbocycles. The minimum Gasteiger partial charge on any atom is -0.598 e. The summed E-state index contributed by atoms with van der Waals surface area (Å²) in [5.74, 6) is -1.07. The molecule has 0 heterocycles. The van der Waals surface area contributed by atoms with Gasteiger partial charge in [0.2, 0.25) is 0 Å². The van der Waals surface area contributed by atoms with E-state index in [0.717, 1.165) is 0 Å². The highest BCUT2D eigenvalue weighted by molar-refractivity contribution is 6.15. The van der Waals surface area contributed by atoms with Crippen molar-refractivity contribution in [3.05, 3.63) is 5.21 Å². The fraction of sp³-hybridized carbons (Fsp3) is 0.833. The zero-order valence-corrected chi connectivity index (χ0v) is 7.91. The molecule has 0 rings (SSSR count). The topological polar surface area (TPSA) is 80.6 Å². The Bertz CT molecular complexity index is 129. The van der Waals surface area contributed by atoms with Crippen molar-refractivity contribution in [1.29, 1.82) is 0 Å². The van der Waals surface area contributed by atoms with Crippen LogP contribution in [0, 0.1) is 5.21 Å². The summed E-state index contributed by atoms with van der Waals surface area (Å²) >= 11 is 4.64. The number of hydrogen-bond donors (Lipinski definition) is 2. The van der Waals surface area contributed by atoms with Crippen molar-refractivity contribution in [1.82, 2.24) is 0 Å². The predicted octanol–water partition coefficient (Wildman–Crippen LogP) is 1.04. The van der Waals surface area contributed by atoms with E-state index in [2.05, 4.69) is 11.6 Å². The number of carboxylic acids is 1. The van der Waals surface area contributed by atoms with E-state index in [-0.39, 0.29) is 19.5 Å². The highest BCUT2D eigenvalue weighted by Gasteiger charge is 2.11. The Kier molecular flexibility index (Phi) is 8.62. The summed E-state index contributed by atoms with van der Waals surface area (Å²) in [5, 5.41) is 27.4. The van der Waals surface area contributed by atoms with E-state index in [9.17, 15) is 10.0 Å². The third-order valence-corrected chi connectivity index (χ3v) is 1.17. The van der Waals surface area contributed by atoms with E-state index in [1.165, 1.54) is 13.3 Å². The minimum atomic E-state index is -1.47. The van der Waals surface area contributed by atoms with Crippen molar-refractivity contribution < 1.29 is 19.9 Å². The third-order valence-electron chi connectivity index (χ3n) is 1.17. The molecule has 0 radical (unpaired) electrons. The van der Waals surface area contributed by atoms with Crippen LogP contribution in [0.3, 0.4) is 0 Å². The lowest BCUT2D eigenvalue weighted by atomic mass is 10.4. The van der Waals surface area contributed by atoms with Crippen molar-refractivity contribution in [3.8, 4) is 0 Å². The fourth-order valence-electron chi connectivity index (χ4n) is 0.428. The molecule has 74 valence electrons. The first kappa shape index (κ1) is 14.2. The molecule has 0 saturated heterocycles. The molecule has 12 heavy (non-hydrogen) atoms. The first-order chi connectivity index (χ1) is 5.48. The summed E-state index contributed by atoms with van der Waals surface area (Å²) in [6.07, 6.45) is 1.17. The lowest BCUT2D eigenvalue weighted by Crippen LogP contribution is -2.39. The Morgan fingerprint density at radius 2 is 2.00 bits per heavy atom. The third kappa shape index (κ3) is 9.64. The monoisotopic (exact) mass is 199 g/mol. The number of rotatable bonds is 4. The molecule has 2 N–H and O–H groups in total. The number of quaternary nitrogens is 1. The minimum absolute atomic E-state index is 0.0206. The second-order valence-corrected chi connectivity index (χ2v) is 2.03. The van der Waals surface area contributed by atoms with E-state index in [1.54, 1.807) is 0 Å². The van der Waals surface area contributed by atoms with Gasteiger partial charge in [-0.2, -0.15) is 0 Å². The van der Waals surface area contributed by atoms with E-state index in [4.69, 9.17) is 10.3 Å². The Balaban J connectivity index is 0. The Morgan fingerprint density at radius 3 is 2.25 bits per heavy atom. The fourth-order valence-corrected chi connectivity index (χ4v) is 0.428. The van der Waals surface area contributed by atoms with Crippen LogP contribution in [0.5, 0.6) is 0 Å². The van der Waals surface area contributed by atoms with Crippen molar-refractivity contribution >= 4 is 17.6 Å². The van der Waals surface area contributed by atoms with Gasteiger partial charge < -0.3 is 10.3 Å². The number of nitrogens with zero attached hydrogens (tertiary/aromatic N) is 1. The van der Waals surface area contributed by atoms with Crippen LogP contribution in [-0.2, 0) is 4.79 Å². The van der Waals surface area contributed by atoms with Gasteiger partial charge in [0.15, 0.2) is 0 Å². The lowest BCUT2D eigenvalue weighted by Gasteiger charge is -2.31. The van der Waals surface area contributed by atoms with Crippen LogP contribution in [0.4, 0.5) is 0 Å². The number of aliphatic carboxylic acids is 1. The largest absolute Gasteiger partial charge is 0.598 e. The van der Waals surface area contributed by atoms with Gasteiger partial charge in [-0.3, -0.25) is 4.79 Å². The number of halogens is 1. The maximum absolute atomic E-state index is 10.6. The second kappa shape index (κ2) is 7.30. The van der Waals surface area contributed by atoms with Crippen LogP contribution in [0.2, 0.25) is 0 Å². The summed E-state index contributed by atoms with van der Waals surface area (Å²) < 4.78 is 0. The maximum atomic E-state index is 10.6. The molecular weight excluding hydrogens is 186 g/mol. The maximum Gasteiger partial charge on any atom is 0.309 e. The highest BCUT2D eigenvalue weighted by Crippen LogP contribution is 1.98. The molecular formula is C6H14ClNO4. The SMILES string of the molecule is CC[N+]([O-])(O)CCC(=O)O.CCl. The molecule has 6 heteroatoms. The van der Waals surface area contributed by atoms with E-state index < -0.39 is 10.8 Å². The van der Waals surface area contributed by atoms with Gasteiger partial charge in [-0.1, -0.05) is 0 Å². The standard InChI is InChI=1S/C5H11NO4.CH3Cl/c1-2-6(9,10)4-3-5(7)8;1-2/h9H,2-4H2,1H3,(H,7,8);1H3. The molecule has 0 fully saturated rings. The summed E-state index contributed by atoms with van der Waals surface area (Å²) in [6.45, 7) is 1.19. The molecule has 0 aromatic rings. The van der Waals surface area contributed by atoms with Crippen molar-refractivity contribution in [2.24, 2.45) is 0 Å². The van der Waals surface area contributed by atoms with Gasteiger partial charge in [0.25, 0.3) is 0 Å². The van der Waals surface area contributed by atoms with Gasteiger partial charge in [-0.15, -0.1) is 11.6 Å². The normalized spacial score (nSPS) is 14.1. The van der Waals surface area contributed by atoms with Crippen molar-refractivity contribution in [3.63, 3.8) is 0 Å². The zero-order chi connectivity index (χ0) is 10.2. The zero-order valence-electron chi connectivity index (χ0n) is 7.16. The Morgan fingerprint density at radius 1 is 1.58 bits per heavy atom. The summed E-state index contributed by atoms with van der Waals surface area (Å²) in [4.78, 5) is 8.44.